The van der Waals surface area contributed by atoms with Crippen LogP contribution in [0.4, 0.5) is 0 Å². The summed E-state index contributed by atoms with van der Waals surface area (Å²) in [7, 11) is -3.79. The average Bonchev–Trinajstić information content (AvgIpc) is 3.07. The number of aromatic amines is 1. The zero-order chi connectivity index (χ0) is 20.2. The smallest absolute Gasteiger partial charge is 0.246 e. The van der Waals surface area contributed by atoms with Crippen molar-refractivity contribution >= 4 is 32.4 Å². The Kier molecular flexibility index (Phi) is 6.43. The second-order valence-electron chi connectivity index (χ2n) is 6.95. The van der Waals surface area contributed by atoms with E-state index in [1.165, 1.54) is 6.07 Å². The predicted octanol–water partition coefficient (Wildman–Crippen LogP) is 1.92. The molecule has 8 heteroatoms. The summed E-state index contributed by atoms with van der Waals surface area (Å²) < 4.78 is 25.8. The normalized spacial score (nSPS) is 14.4. The molecular formula is C19H27N3O4S. The molecule has 0 aliphatic heterocycles. The van der Waals surface area contributed by atoms with Crippen molar-refractivity contribution in [3.05, 3.63) is 36.0 Å². The number of hydrogen-bond acceptors (Lipinski definition) is 5. The van der Waals surface area contributed by atoms with Crippen molar-refractivity contribution in [3.8, 4) is 0 Å². The summed E-state index contributed by atoms with van der Waals surface area (Å²) in [6.45, 7) is 3.78. The highest BCUT2D eigenvalue weighted by molar-refractivity contribution is 7.92. The Morgan fingerprint density at radius 3 is 2.33 bits per heavy atom. The quantitative estimate of drug-likeness (QED) is 0.418. The second kappa shape index (κ2) is 8.22. The number of primary amides is 1. The van der Waals surface area contributed by atoms with Gasteiger partial charge >= 0.3 is 0 Å². The van der Waals surface area contributed by atoms with Gasteiger partial charge in [0.2, 0.25) is 5.91 Å². The number of sulfone groups is 1. The lowest BCUT2D eigenvalue weighted by Crippen LogP contribution is -2.63. The summed E-state index contributed by atoms with van der Waals surface area (Å²) in [5, 5.41) is 0.236. The predicted molar refractivity (Wildman–Crippen MR) is 106 cm³/mol. The monoisotopic (exact) mass is 393 g/mol. The van der Waals surface area contributed by atoms with Crippen LogP contribution in [0.3, 0.4) is 0 Å². The molecule has 0 aliphatic rings. The third-order valence-corrected chi connectivity index (χ3v) is 7.16. The Hall–Kier alpha value is -2.19. The van der Waals surface area contributed by atoms with Crippen molar-refractivity contribution in [3.63, 3.8) is 0 Å². The molecule has 7 nitrogen and oxygen atoms in total. The average molecular weight is 394 g/mol. The molecule has 0 spiro atoms. The van der Waals surface area contributed by atoms with E-state index < -0.39 is 38.1 Å². The molecule has 27 heavy (non-hydrogen) atoms. The van der Waals surface area contributed by atoms with Gasteiger partial charge in [0.25, 0.3) is 0 Å². The molecule has 148 valence electrons. The van der Waals surface area contributed by atoms with E-state index in [2.05, 4.69) is 4.98 Å². The fraction of sp³-hybridized carbons (Fsp3) is 0.474. The number of benzene rings is 1. The van der Waals surface area contributed by atoms with Gasteiger partial charge < -0.3 is 16.5 Å². The maximum atomic E-state index is 13.0. The van der Waals surface area contributed by atoms with Gasteiger partial charge in [-0.15, -0.1) is 0 Å². The van der Waals surface area contributed by atoms with Gasteiger partial charge in [-0.2, -0.15) is 0 Å². The first-order valence-electron chi connectivity index (χ1n) is 9.08. The lowest BCUT2D eigenvalue weighted by molar-refractivity contribution is -0.120. The number of fused-ring (bicyclic) bond motifs is 1. The van der Waals surface area contributed by atoms with Crippen LogP contribution in [0, 0.1) is 0 Å². The molecule has 1 unspecified atom stereocenters. The molecule has 0 aliphatic carbocycles. The molecule has 1 aromatic carbocycles. The zero-order valence-electron chi connectivity index (χ0n) is 15.7. The molecule has 0 radical (unpaired) electrons. The van der Waals surface area contributed by atoms with E-state index in [9.17, 15) is 18.0 Å². The van der Waals surface area contributed by atoms with Crippen LogP contribution in [-0.2, 0) is 14.6 Å². The van der Waals surface area contributed by atoms with Crippen molar-refractivity contribution in [2.75, 3.05) is 5.75 Å². The lowest BCUT2D eigenvalue weighted by Gasteiger charge is -2.27. The molecule has 1 aromatic heterocycles. The minimum Gasteiger partial charge on any atom is -0.368 e. The van der Waals surface area contributed by atoms with Crippen LogP contribution in [0.2, 0.25) is 0 Å². The highest BCUT2D eigenvalue weighted by Gasteiger charge is 2.46. The fourth-order valence-corrected chi connectivity index (χ4v) is 5.61. The van der Waals surface area contributed by atoms with Gasteiger partial charge in [-0.1, -0.05) is 38.8 Å². The number of aromatic nitrogens is 1. The third-order valence-electron chi connectivity index (χ3n) is 4.82. The first-order valence-corrected chi connectivity index (χ1v) is 10.8. The van der Waals surface area contributed by atoms with Gasteiger partial charge in [0.05, 0.1) is 11.0 Å². The number of nitrogens with one attached hydrogen (secondary N) is 1. The van der Waals surface area contributed by atoms with E-state index in [1.54, 1.807) is 18.3 Å². The molecule has 0 bridgehead atoms. The zero-order valence-corrected chi connectivity index (χ0v) is 16.5. The fourth-order valence-electron chi connectivity index (χ4n) is 3.28. The van der Waals surface area contributed by atoms with Crippen molar-refractivity contribution in [2.45, 2.75) is 50.3 Å². The SMILES string of the molecule is CCCC(CCC)S(=O)(=O)CC(N)(C(N)=O)C(=O)c1ccc2cc[nH]c2c1. The van der Waals surface area contributed by atoms with E-state index in [1.807, 2.05) is 19.9 Å². The van der Waals surface area contributed by atoms with Crippen molar-refractivity contribution in [2.24, 2.45) is 11.5 Å². The van der Waals surface area contributed by atoms with Crippen LogP contribution in [0.15, 0.2) is 30.5 Å². The highest BCUT2D eigenvalue weighted by atomic mass is 32.2. The largest absolute Gasteiger partial charge is 0.368 e. The highest BCUT2D eigenvalue weighted by Crippen LogP contribution is 2.23. The summed E-state index contributed by atoms with van der Waals surface area (Å²) in [4.78, 5) is 28.0. The molecule has 0 fully saturated rings. The van der Waals surface area contributed by atoms with Gasteiger partial charge in [0.15, 0.2) is 21.2 Å². The van der Waals surface area contributed by atoms with Crippen molar-refractivity contribution in [1.29, 1.82) is 0 Å². The van der Waals surface area contributed by atoms with Gasteiger partial charge in [0.1, 0.15) is 0 Å². The maximum Gasteiger partial charge on any atom is 0.246 e. The lowest BCUT2D eigenvalue weighted by atomic mass is 9.91. The number of hydrogen-bond donors (Lipinski definition) is 3. The second-order valence-corrected chi connectivity index (χ2v) is 9.23. The maximum absolute atomic E-state index is 13.0. The minimum atomic E-state index is -3.79. The van der Waals surface area contributed by atoms with Gasteiger partial charge in [-0.25, -0.2) is 8.42 Å². The number of rotatable bonds is 10. The summed E-state index contributed by atoms with van der Waals surface area (Å²) in [6.07, 6.45) is 3.97. The molecule has 5 N–H and O–H groups in total. The molecular weight excluding hydrogens is 366 g/mol. The molecule has 2 rings (SSSR count). The molecule has 1 atom stereocenters. The van der Waals surface area contributed by atoms with Crippen LogP contribution in [0.1, 0.15) is 49.9 Å². The Morgan fingerprint density at radius 2 is 1.78 bits per heavy atom. The number of nitrogens with two attached hydrogens (primary N) is 2. The first kappa shape index (κ1) is 21.1. The number of ketones is 1. The number of carbonyl (C=O) groups excluding carboxylic acids is 2. The van der Waals surface area contributed by atoms with E-state index in [-0.39, 0.29) is 5.56 Å². The topological polar surface area (TPSA) is 136 Å². The third kappa shape index (κ3) is 4.39. The standard InChI is InChI=1S/C19H27N3O4S/c1-3-5-15(6-4-2)27(25,26)12-19(21,18(20)24)17(23)14-8-7-13-9-10-22-16(13)11-14/h7-11,15,22H,3-6,12,21H2,1-2H3,(H2,20,24). The summed E-state index contributed by atoms with van der Waals surface area (Å²) in [5.74, 6) is -2.72. The van der Waals surface area contributed by atoms with Crippen LogP contribution >= 0.6 is 0 Å². The van der Waals surface area contributed by atoms with E-state index >= 15 is 0 Å². The summed E-state index contributed by atoms with van der Waals surface area (Å²) in [6, 6.07) is 6.60. The first-order chi connectivity index (χ1) is 12.7. The minimum absolute atomic E-state index is 0.143. The van der Waals surface area contributed by atoms with Crippen LogP contribution < -0.4 is 11.5 Å². The number of Topliss-reactive ketones (excluding diaryl/α,β-unsaturated/α-hetero) is 1. The van der Waals surface area contributed by atoms with E-state index in [4.69, 9.17) is 11.5 Å². The molecule has 0 saturated carbocycles. The number of H-pyrrole nitrogens is 1. The van der Waals surface area contributed by atoms with Gasteiger partial charge in [0, 0.05) is 17.3 Å². The van der Waals surface area contributed by atoms with E-state index in [0.29, 0.717) is 31.2 Å². The number of carbonyl (C=O) groups is 2. The molecule has 1 heterocycles. The Balaban J connectivity index is 2.40. The van der Waals surface area contributed by atoms with Crippen molar-refractivity contribution < 1.29 is 18.0 Å². The molecule has 0 saturated heterocycles. The molecule has 2 aromatic rings. The number of amides is 1. The van der Waals surface area contributed by atoms with Crippen molar-refractivity contribution in [1.82, 2.24) is 4.98 Å². The van der Waals surface area contributed by atoms with E-state index in [0.717, 1.165) is 5.39 Å². The summed E-state index contributed by atoms with van der Waals surface area (Å²) in [5.41, 5.74) is 9.96. The van der Waals surface area contributed by atoms with Crippen LogP contribution in [-0.4, -0.2) is 41.6 Å². The Morgan fingerprint density at radius 1 is 1.15 bits per heavy atom. The summed E-state index contributed by atoms with van der Waals surface area (Å²) >= 11 is 0. The Labute approximate surface area is 159 Å². The van der Waals surface area contributed by atoms with Gasteiger partial charge in [-0.3, -0.25) is 9.59 Å². The molecule has 1 amide bonds. The van der Waals surface area contributed by atoms with Crippen LogP contribution in [0.25, 0.3) is 10.9 Å². The Bertz CT molecular complexity index is 929. The van der Waals surface area contributed by atoms with Gasteiger partial charge in [-0.05, 0) is 30.4 Å². The van der Waals surface area contributed by atoms with Crippen LogP contribution in [0.5, 0.6) is 0 Å².